The number of phenolic OH excluding ortho intramolecular Hbond substituents is 1. The summed E-state index contributed by atoms with van der Waals surface area (Å²) < 4.78 is 1.59. The van der Waals surface area contributed by atoms with E-state index < -0.39 is 0 Å². The van der Waals surface area contributed by atoms with E-state index in [1.54, 1.807) is 22.6 Å². The maximum Gasteiger partial charge on any atom is 0.256 e. The van der Waals surface area contributed by atoms with Gasteiger partial charge in [0.25, 0.3) is 5.56 Å². The molecular formula is C14H12N2O2. The molecule has 4 nitrogen and oxygen atoms in total. The Morgan fingerprint density at radius 3 is 2.61 bits per heavy atom. The van der Waals surface area contributed by atoms with E-state index in [2.05, 4.69) is 4.98 Å². The smallest absolute Gasteiger partial charge is 0.256 e. The fraction of sp³-hybridized carbons (Fsp3) is 0.0714. The number of phenols is 1. The number of nitrogens with zero attached hydrogens (tertiary/aromatic N) is 1. The van der Waals surface area contributed by atoms with Gasteiger partial charge in [0.1, 0.15) is 11.4 Å². The van der Waals surface area contributed by atoms with E-state index in [0.29, 0.717) is 6.42 Å². The Morgan fingerprint density at radius 2 is 1.89 bits per heavy atom. The lowest BCUT2D eigenvalue weighted by atomic mass is 10.1. The first-order valence-electron chi connectivity index (χ1n) is 5.69. The lowest BCUT2D eigenvalue weighted by Gasteiger charge is -1.98. The second-order valence-electron chi connectivity index (χ2n) is 4.24. The van der Waals surface area contributed by atoms with Crippen molar-refractivity contribution < 1.29 is 5.11 Å². The highest BCUT2D eigenvalue weighted by molar-refractivity contribution is 5.40. The van der Waals surface area contributed by atoms with Gasteiger partial charge in [-0.15, -0.1) is 0 Å². The van der Waals surface area contributed by atoms with Gasteiger partial charge in [-0.2, -0.15) is 0 Å². The molecule has 18 heavy (non-hydrogen) atoms. The minimum absolute atomic E-state index is 0.0410. The molecule has 0 aliphatic heterocycles. The summed E-state index contributed by atoms with van der Waals surface area (Å²) in [6, 6.07) is 12.2. The van der Waals surface area contributed by atoms with E-state index in [-0.39, 0.29) is 11.3 Å². The second kappa shape index (κ2) is 4.07. The Kier molecular flexibility index (Phi) is 2.41. The van der Waals surface area contributed by atoms with Gasteiger partial charge in [0.2, 0.25) is 0 Å². The standard InChI is InChI=1S/C14H12N2O2/c17-12-6-4-10(5-7-12)8-11-9-16-13(15-11)2-1-3-14(16)18/h1-7,9,15,17H,8H2. The molecule has 0 atom stereocenters. The Morgan fingerprint density at radius 1 is 1.11 bits per heavy atom. The zero-order valence-electron chi connectivity index (χ0n) is 9.63. The zero-order valence-corrected chi connectivity index (χ0v) is 9.63. The van der Waals surface area contributed by atoms with Crippen molar-refractivity contribution in [3.8, 4) is 5.75 Å². The van der Waals surface area contributed by atoms with E-state index in [4.69, 9.17) is 0 Å². The lowest BCUT2D eigenvalue weighted by Crippen LogP contribution is -2.08. The predicted molar refractivity (Wildman–Crippen MR) is 68.9 cm³/mol. The van der Waals surface area contributed by atoms with Crippen LogP contribution in [0.4, 0.5) is 0 Å². The van der Waals surface area contributed by atoms with Gasteiger partial charge in [0, 0.05) is 24.4 Å². The first kappa shape index (κ1) is 10.7. The van der Waals surface area contributed by atoms with Gasteiger partial charge in [-0.05, 0) is 23.8 Å². The van der Waals surface area contributed by atoms with Crippen LogP contribution in [-0.4, -0.2) is 14.5 Å². The Balaban J connectivity index is 1.98. The fourth-order valence-electron chi connectivity index (χ4n) is 2.01. The SMILES string of the molecule is O=c1cccc2[nH]c(Cc3ccc(O)cc3)cn12. The molecule has 4 heteroatoms. The topological polar surface area (TPSA) is 57.5 Å². The van der Waals surface area contributed by atoms with E-state index in [1.807, 2.05) is 24.4 Å². The van der Waals surface area contributed by atoms with Crippen LogP contribution in [0.15, 0.2) is 53.5 Å². The van der Waals surface area contributed by atoms with Crippen LogP contribution in [0.1, 0.15) is 11.3 Å². The molecular weight excluding hydrogens is 228 g/mol. The van der Waals surface area contributed by atoms with E-state index in [9.17, 15) is 9.90 Å². The highest BCUT2D eigenvalue weighted by Crippen LogP contribution is 2.13. The Hall–Kier alpha value is -2.49. The highest BCUT2D eigenvalue weighted by Gasteiger charge is 2.02. The number of rotatable bonds is 2. The van der Waals surface area contributed by atoms with Gasteiger partial charge < -0.3 is 10.1 Å². The number of aromatic amines is 1. The number of aromatic hydroxyl groups is 1. The van der Waals surface area contributed by atoms with Gasteiger partial charge in [-0.25, -0.2) is 0 Å². The first-order valence-corrected chi connectivity index (χ1v) is 5.69. The van der Waals surface area contributed by atoms with Crippen molar-refractivity contribution in [2.45, 2.75) is 6.42 Å². The third kappa shape index (κ3) is 1.88. The molecule has 0 unspecified atom stereocenters. The van der Waals surface area contributed by atoms with E-state index in [0.717, 1.165) is 16.9 Å². The average Bonchev–Trinajstić information content (AvgIpc) is 2.76. The second-order valence-corrected chi connectivity index (χ2v) is 4.24. The minimum Gasteiger partial charge on any atom is -0.508 e. The van der Waals surface area contributed by atoms with Crippen LogP contribution in [0.5, 0.6) is 5.75 Å². The molecule has 2 aromatic heterocycles. The normalized spacial score (nSPS) is 10.9. The number of imidazole rings is 1. The van der Waals surface area contributed by atoms with Crippen LogP contribution < -0.4 is 5.56 Å². The van der Waals surface area contributed by atoms with E-state index in [1.165, 1.54) is 6.07 Å². The summed E-state index contributed by atoms with van der Waals surface area (Å²) in [5.41, 5.74) is 2.79. The molecule has 1 aromatic carbocycles. The molecule has 2 heterocycles. The molecule has 90 valence electrons. The summed E-state index contributed by atoms with van der Waals surface area (Å²) >= 11 is 0. The van der Waals surface area contributed by atoms with Crippen LogP contribution >= 0.6 is 0 Å². The number of pyridine rings is 1. The fourth-order valence-corrected chi connectivity index (χ4v) is 2.01. The van der Waals surface area contributed by atoms with Crippen molar-refractivity contribution in [1.29, 1.82) is 0 Å². The molecule has 3 aromatic rings. The average molecular weight is 240 g/mol. The Bertz CT molecular complexity index is 738. The largest absolute Gasteiger partial charge is 0.508 e. The van der Waals surface area contributed by atoms with Crippen LogP contribution in [-0.2, 0) is 6.42 Å². The summed E-state index contributed by atoms with van der Waals surface area (Å²) in [5, 5.41) is 9.22. The molecule has 0 saturated carbocycles. The van der Waals surface area contributed by atoms with Gasteiger partial charge in [-0.3, -0.25) is 9.20 Å². The quantitative estimate of drug-likeness (QED) is 0.719. The molecule has 0 fully saturated rings. The van der Waals surface area contributed by atoms with Gasteiger partial charge in [0.15, 0.2) is 0 Å². The molecule has 0 aliphatic carbocycles. The van der Waals surface area contributed by atoms with Gasteiger partial charge in [-0.1, -0.05) is 18.2 Å². The molecule has 0 radical (unpaired) electrons. The van der Waals surface area contributed by atoms with Gasteiger partial charge in [0.05, 0.1) is 0 Å². The third-order valence-corrected chi connectivity index (χ3v) is 2.89. The van der Waals surface area contributed by atoms with Crippen molar-refractivity contribution >= 4 is 5.65 Å². The molecule has 0 saturated heterocycles. The lowest BCUT2D eigenvalue weighted by molar-refractivity contribution is 0.475. The molecule has 0 amide bonds. The molecule has 0 spiro atoms. The number of aromatic nitrogens is 2. The van der Waals surface area contributed by atoms with E-state index >= 15 is 0 Å². The summed E-state index contributed by atoms with van der Waals surface area (Å²) in [7, 11) is 0. The number of fused-ring (bicyclic) bond motifs is 1. The summed E-state index contributed by atoms with van der Waals surface area (Å²) in [6.45, 7) is 0. The molecule has 0 aliphatic rings. The van der Waals surface area contributed by atoms with Crippen molar-refractivity contribution in [3.05, 3.63) is 70.3 Å². The van der Waals surface area contributed by atoms with Gasteiger partial charge >= 0.3 is 0 Å². The number of H-pyrrole nitrogens is 1. The van der Waals surface area contributed by atoms with Crippen molar-refractivity contribution in [3.63, 3.8) is 0 Å². The maximum absolute atomic E-state index is 11.6. The number of nitrogens with one attached hydrogen (secondary N) is 1. The highest BCUT2D eigenvalue weighted by atomic mass is 16.3. The van der Waals surface area contributed by atoms with Crippen LogP contribution in [0, 0.1) is 0 Å². The molecule has 0 bridgehead atoms. The monoisotopic (exact) mass is 240 g/mol. The summed E-state index contributed by atoms with van der Waals surface area (Å²) in [5.74, 6) is 0.256. The Labute approximate surface area is 103 Å². The number of benzene rings is 1. The van der Waals surface area contributed by atoms with Crippen LogP contribution in [0.25, 0.3) is 5.65 Å². The first-order chi connectivity index (χ1) is 8.72. The number of hydrogen-bond acceptors (Lipinski definition) is 2. The van der Waals surface area contributed by atoms with Crippen molar-refractivity contribution in [1.82, 2.24) is 9.38 Å². The minimum atomic E-state index is -0.0410. The number of hydrogen-bond donors (Lipinski definition) is 2. The van der Waals surface area contributed by atoms with Crippen LogP contribution in [0.2, 0.25) is 0 Å². The maximum atomic E-state index is 11.6. The molecule has 2 N–H and O–H groups in total. The zero-order chi connectivity index (χ0) is 12.5. The summed E-state index contributed by atoms with van der Waals surface area (Å²) in [6.07, 6.45) is 2.51. The van der Waals surface area contributed by atoms with Crippen LogP contribution in [0.3, 0.4) is 0 Å². The summed E-state index contributed by atoms with van der Waals surface area (Å²) in [4.78, 5) is 14.8. The predicted octanol–water partition coefficient (Wildman–Crippen LogP) is 1.92. The van der Waals surface area contributed by atoms with Crippen molar-refractivity contribution in [2.24, 2.45) is 0 Å². The molecule has 3 rings (SSSR count). The third-order valence-electron chi connectivity index (χ3n) is 2.89. The van der Waals surface area contributed by atoms with Crippen molar-refractivity contribution in [2.75, 3.05) is 0 Å².